The lowest BCUT2D eigenvalue weighted by Crippen LogP contribution is -2.60. The van der Waals surface area contributed by atoms with Gasteiger partial charge in [-0.15, -0.1) is 0 Å². The van der Waals surface area contributed by atoms with Crippen molar-refractivity contribution >= 4 is 39.2 Å². The van der Waals surface area contributed by atoms with Crippen LogP contribution in [0.5, 0.6) is 5.75 Å². The topological polar surface area (TPSA) is 159 Å². The molecule has 3 aromatic rings. The summed E-state index contributed by atoms with van der Waals surface area (Å²) in [5.74, 6) is 0.184. The first-order chi connectivity index (χ1) is 20.5. The molecule has 2 aromatic carbocycles. The maximum Gasteiger partial charge on any atom is 0.321 e. The number of ether oxygens (including phenoxy) is 1. The number of carbonyl (C=O) groups is 2. The third-order valence-corrected chi connectivity index (χ3v) is 10.5. The molecule has 0 bridgehead atoms. The van der Waals surface area contributed by atoms with Crippen LogP contribution in [0.3, 0.4) is 0 Å². The van der Waals surface area contributed by atoms with Crippen LogP contribution >= 0.6 is 11.6 Å². The number of fused-ring (bicyclic) bond motifs is 2. The first-order valence-corrected chi connectivity index (χ1v) is 15.8. The summed E-state index contributed by atoms with van der Waals surface area (Å²) in [6.07, 6.45) is 1.62. The zero-order valence-corrected chi connectivity index (χ0v) is 25.0. The van der Waals surface area contributed by atoms with Crippen LogP contribution in [0.4, 0.5) is 10.5 Å². The maximum absolute atomic E-state index is 13.9. The Hall–Kier alpha value is -3.72. The quantitative estimate of drug-likeness (QED) is 0.389. The summed E-state index contributed by atoms with van der Waals surface area (Å²) in [5, 5.41) is 21.0. The van der Waals surface area contributed by atoms with Crippen LogP contribution in [0.2, 0.25) is 5.02 Å². The van der Waals surface area contributed by atoms with Gasteiger partial charge in [0.1, 0.15) is 23.0 Å². The second-order valence-electron chi connectivity index (χ2n) is 11.1. The standard InChI is InChI=1S/C28H32ClN7O6S/c1-34-25(30-17-31-34)18-5-6-24-23(13-18)42-12-9-28(33-26(38)22-15-21(37)16-36(22)43(24,40)41)7-10-35(11-8-28)27(39)32-20-4-2-3-19(29)14-20/h2-6,13-14,17,21-22,37H,7-12,15-16H2,1H3,(H,32,39)(H,33,38)/t21-,22+/m1/s1. The zero-order chi connectivity index (χ0) is 30.4. The van der Waals surface area contributed by atoms with E-state index in [1.54, 1.807) is 53.0 Å². The first kappa shape index (κ1) is 29.4. The van der Waals surface area contributed by atoms with Gasteiger partial charge in [-0.25, -0.2) is 22.9 Å². The van der Waals surface area contributed by atoms with Gasteiger partial charge < -0.3 is 25.4 Å². The number of nitrogens with one attached hydrogen (secondary N) is 2. The molecular formula is C28H32ClN7O6S. The summed E-state index contributed by atoms with van der Waals surface area (Å²) in [6.45, 7) is 0.617. The molecule has 0 unspecified atom stereocenters. The Morgan fingerprint density at radius 1 is 1.19 bits per heavy atom. The number of aryl methyl sites for hydroxylation is 1. The average Bonchev–Trinajstić information content (AvgIpc) is 3.58. The molecule has 2 fully saturated rings. The fraction of sp³-hybridized carbons (Fsp3) is 0.429. The lowest BCUT2D eigenvalue weighted by molar-refractivity contribution is -0.127. The molecule has 3 aliphatic rings. The molecule has 2 atom stereocenters. The number of amides is 3. The highest BCUT2D eigenvalue weighted by molar-refractivity contribution is 7.89. The highest BCUT2D eigenvalue weighted by atomic mass is 35.5. The van der Waals surface area contributed by atoms with Gasteiger partial charge in [-0.2, -0.15) is 9.40 Å². The highest BCUT2D eigenvalue weighted by Crippen LogP contribution is 2.37. The zero-order valence-electron chi connectivity index (χ0n) is 23.4. The van der Waals surface area contributed by atoms with Gasteiger partial charge in [0.25, 0.3) is 0 Å². The number of aromatic nitrogens is 3. The molecule has 13 nitrogen and oxygen atoms in total. The highest BCUT2D eigenvalue weighted by Gasteiger charge is 2.47. The van der Waals surface area contributed by atoms with Crippen molar-refractivity contribution in [1.29, 1.82) is 0 Å². The summed E-state index contributed by atoms with van der Waals surface area (Å²) in [7, 11) is -2.49. The summed E-state index contributed by atoms with van der Waals surface area (Å²) >= 11 is 6.05. The van der Waals surface area contributed by atoms with E-state index < -0.39 is 33.6 Å². The van der Waals surface area contributed by atoms with Gasteiger partial charge in [-0.05, 0) is 49.2 Å². The molecule has 1 spiro atoms. The van der Waals surface area contributed by atoms with E-state index in [4.69, 9.17) is 16.3 Å². The molecule has 43 heavy (non-hydrogen) atoms. The number of urea groups is 1. The lowest BCUT2D eigenvalue weighted by Gasteiger charge is -2.43. The monoisotopic (exact) mass is 629 g/mol. The molecule has 6 rings (SSSR count). The molecule has 4 heterocycles. The number of likely N-dealkylation sites (tertiary alicyclic amines) is 1. The van der Waals surface area contributed by atoms with E-state index in [9.17, 15) is 23.1 Å². The number of carbonyl (C=O) groups excluding carboxylic acids is 2. The predicted octanol–water partition coefficient (Wildman–Crippen LogP) is 2.22. The van der Waals surface area contributed by atoms with Gasteiger partial charge in [0, 0.05) is 61.3 Å². The summed E-state index contributed by atoms with van der Waals surface area (Å²) in [5.41, 5.74) is 0.443. The van der Waals surface area contributed by atoms with Crippen LogP contribution < -0.4 is 15.4 Å². The average molecular weight is 630 g/mol. The molecule has 0 saturated carbocycles. The van der Waals surface area contributed by atoms with Crippen molar-refractivity contribution in [2.45, 2.75) is 48.3 Å². The number of sulfonamides is 1. The summed E-state index contributed by atoms with van der Waals surface area (Å²) in [6, 6.07) is 10.2. The number of halogens is 1. The number of aliphatic hydroxyl groups excluding tert-OH is 1. The Morgan fingerprint density at radius 2 is 1.98 bits per heavy atom. The van der Waals surface area contributed by atoms with E-state index >= 15 is 0 Å². The fourth-order valence-corrected chi connectivity index (χ4v) is 7.93. The van der Waals surface area contributed by atoms with E-state index in [2.05, 4.69) is 20.7 Å². The molecule has 228 valence electrons. The third kappa shape index (κ3) is 5.79. The molecular weight excluding hydrogens is 598 g/mol. The van der Waals surface area contributed by atoms with Crippen LogP contribution in [-0.4, -0.2) is 93.4 Å². The van der Waals surface area contributed by atoms with Crippen molar-refractivity contribution in [2.24, 2.45) is 7.05 Å². The van der Waals surface area contributed by atoms with Gasteiger partial charge in [0.15, 0.2) is 5.82 Å². The Labute approximate surface area is 253 Å². The van der Waals surface area contributed by atoms with E-state index in [-0.39, 0.29) is 36.2 Å². The number of aliphatic hydroxyl groups is 1. The number of benzene rings is 2. The number of piperidine rings is 1. The SMILES string of the molecule is Cn1ncnc1-c1ccc2c(c1)OCCC1(CCN(C(=O)Nc3cccc(Cl)c3)CC1)NC(=O)[C@@H]1C[C@@H](O)CN1S2(=O)=O. The van der Waals surface area contributed by atoms with Crippen molar-refractivity contribution in [3.63, 3.8) is 0 Å². The Balaban J connectivity index is 1.28. The molecule has 3 amide bonds. The first-order valence-electron chi connectivity index (χ1n) is 14.0. The van der Waals surface area contributed by atoms with E-state index in [0.717, 1.165) is 4.31 Å². The minimum atomic E-state index is -4.22. The van der Waals surface area contributed by atoms with Gasteiger partial charge >= 0.3 is 6.03 Å². The van der Waals surface area contributed by atoms with E-state index in [1.807, 2.05) is 0 Å². The summed E-state index contributed by atoms with van der Waals surface area (Å²) in [4.78, 5) is 32.5. The minimum Gasteiger partial charge on any atom is -0.492 e. The van der Waals surface area contributed by atoms with Crippen LogP contribution in [0.25, 0.3) is 11.4 Å². The van der Waals surface area contributed by atoms with Gasteiger partial charge in [-0.3, -0.25) is 4.79 Å². The molecule has 2 saturated heterocycles. The molecule has 1 aromatic heterocycles. The van der Waals surface area contributed by atoms with Gasteiger partial charge in [-0.1, -0.05) is 17.7 Å². The van der Waals surface area contributed by atoms with Crippen LogP contribution in [0.1, 0.15) is 25.7 Å². The Bertz CT molecular complexity index is 1660. The number of rotatable bonds is 2. The fourth-order valence-electron chi connectivity index (χ4n) is 5.99. The molecule has 15 heteroatoms. The molecule has 3 aliphatic heterocycles. The number of nitrogens with zero attached hydrogens (tertiary/aromatic N) is 5. The Kier molecular flexibility index (Phi) is 7.79. The molecule has 0 radical (unpaired) electrons. The smallest absolute Gasteiger partial charge is 0.321 e. The number of hydrogen-bond acceptors (Lipinski definition) is 8. The normalized spacial score (nSPS) is 23.4. The van der Waals surface area contributed by atoms with Crippen LogP contribution in [-0.2, 0) is 21.9 Å². The second kappa shape index (κ2) is 11.4. The maximum atomic E-state index is 13.9. The van der Waals surface area contributed by atoms with Gasteiger partial charge in [0.05, 0.1) is 12.7 Å². The van der Waals surface area contributed by atoms with E-state index in [1.165, 1.54) is 12.4 Å². The number of hydrogen-bond donors (Lipinski definition) is 3. The van der Waals surface area contributed by atoms with Crippen LogP contribution in [0.15, 0.2) is 53.7 Å². The van der Waals surface area contributed by atoms with Crippen molar-refractivity contribution in [3.8, 4) is 17.1 Å². The van der Waals surface area contributed by atoms with Crippen molar-refractivity contribution in [1.82, 2.24) is 29.3 Å². The van der Waals surface area contributed by atoms with Crippen molar-refractivity contribution in [2.75, 3.05) is 31.6 Å². The van der Waals surface area contributed by atoms with Gasteiger partial charge in [0.2, 0.25) is 15.9 Å². The third-order valence-electron chi connectivity index (χ3n) is 8.35. The molecule has 0 aliphatic carbocycles. The molecule has 3 N–H and O–H groups in total. The lowest BCUT2D eigenvalue weighted by atomic mass is 9.84. The van der Waals surface area contributed by atoms with Crippen molar-refractivity contribution in [3.05, 3.63) is 53.8 Å². The second-order valence-corrected chi connectivity index (χ2v) is 13.4. The predicted molar refractivity (Wildman–Crippen MR) is 157 cm³/mol. The summed E-state index contributed by atoms with van der Waals surface area (Å²) < 4.78 is 36.6. The minimum absolute atomic E-state index is 0.0253. The largest absolute Gasteiger partial charge is 0.492 e. The van der Waals surface area contributed by atoms with Crippen molar-refractivity contribution < 1.29 is 27.9 Å². The van der Waals surface area contributed by atoms with Crippen LogP contribution in [0, 0.1) is 0 Å². The Morgan fingerprint density at radius 3 is 2.70 bits per heavy atom. The van der Waals surface area contributed by atoms with E-state index in [0.29, 0.717) is 54.4 Å². The number of anilines is 1.